The van der Waals surface area contributed by atoms with Crippen molar-refractivity contribution in [1.82, 2.24) is 4.90 Å². The monoisotopic (exact) mass is 477 g/mol. The fourth-order valence-corrected chi connectivity index (χ4v) is 4.85. The van der Waals surface area contributed by atoms with Crippen molar-refractivity contribution in [3.63, 3.8) is 0 Å². The molecule has 1 heteroatoms. The van der Waals surface area contributed by atoms with Crippen molar-refractivity contribution in [3.8, 4) is 0 Å². The van der Waals surface area contributed by atoms with Gasteiger partial charge in [-0.2, -0.15) is 0 Å². The first-order valence-corrected chi connectivity index (χ1v) is 12.7. The summed E-state index contributed by atoms with van der Waals surface area (Å²) in [6.45, 7) is 0. The Morgan fingerprint density at radius 3 is 1.11 bits per heavy atom. The molecule has 0 amide bonds. The molecule has 1 aliphatic carbocycles. The van der Waals surface area contributed by atoms with E-state index in [1.807, 2.05) is 19.0 Å². The average Bonchev–Trinajstić information content (AvgIpc) is 3.29. The summed E-state index contributed by atoms with van der Waals surface area (Å²) in [7, 11) is 4.06. The van der Waals surface area contributed by atoms with Gasteiger partial charge in [0.05, 0.1) is 0 Å². The zero-order chi connectivity index (χ0) is 25.5. The van der Waals surface area contributed by atoms with E-state index in [9.17, 15) is 0 Å². The molecule has 1 nitrogen and oxygen atoms in total. The van der Waals surface area contributed by atoms with Crippen molar-refractivity contribution >= 4 is 22.3 Å². The lowest BCUT2D eigenvalue weighted by molar-refractivity contribution is 0.564. The number of benzene rings is 4. The Kier molecular flexibility index (Phi) is 7.43. The summed E-state index contributed by atoms with van der Waals surface area (Å²) in [6, 6.07) is 43.1. The highest BCUT2D eigenvalue weighted by Gasteiger charge is 2.32. The average molecular weight is 478 g/mol. The molecular weight excluding hydrogens is 446 g/mol. The minimum Gasteiger partial charge on any atom is -0.383 e. The molecule has 4 aromatic carbocycles. The van der Waals surface area contributed by atoms with Gasteiger partial charge in [-0.15, -0.1) is 0 Å². The second-order valence-electron chi connectivity index (χ2n) is 9.23. The summed E-state index contributed by atoms with van der Waals surface area (Å²) in [5.41, 5.74) is 11.1. The van der Waals surface area contributed by atoms with Crippen LogP contribution in [0.5, 0.6) is 0 Å². The van der Waals surface area contributed by atoms with Gasteiger partial charge in [0.1, 0.15) is 0 Å². The lowest BCUT2D eigenvalue weighted by atomic mass is 9.89. The normalized spacial score (nSPS) is 13.7. The highest BCUT2D eigenvalue weighted by atomic mass is 15.0. The van der Waals surface area contributed by atoms with Gasteiger partial charge >= 0.3 is 0 Å². The van der Waals surface area contributed by atoms with Crippen molar-refractivity contribution in [2.75, 3.05) is 14.1 Å². The molecule has 1 aliphatic rings. The van der Waals surface area contributed by atoms with E-state index in [1.165, 1.54) is 50.1 Å². The van der Waals surface area contributed by atoms with Crippen LogP contribution in [0.3, 0.4) is 0 Å². The number of nitrogens with zero attached hydrogens (tertiary/aromatic N) is 1. The minimum atomic E-state index is 1.21. The van der Waals surface area contributed by atoms with E-state index in [1.54, 1.807) is 0 Å². The zero-order valence-corrected chi connectivity index (χ0v) is 21.4. The van der Waals surface area contributed by atoms with Gasteiger partial charge in [-0.3, -0.25) is 0 Å². The fourth-order valence-electron chi connectivity index (χ4n) is 4.85. The molecule has 5 rings (SSSR count). The second-order valence-corrected chi connectivity index (χ2v) is 9.23. The van der Waals surface area contributed by atoms with Crippen LogP contribution in [0.2, 0.25) is 0 Å². The third-order valence-corrected chi connectivity index (χ3v) is 6.41. The van der Waals surface area contributed by atoms with Crippen LogP contribution in [0.1, 0.15) is 22.3 Å². The SMILES string of the molecule is CN(C)/C=C/C=C/C=C1C(c2ccccc2)=C(c2ccccc2)C(c2ccccc2)=C1c1ccccc1. The van der Waals surface area contributed by atoms with Crippen molar-refractivity contribution in [1.29, 1.82) is 0 Å². The molecule has 0 saturated carbocycles. The molecule has 0 saturated heterocycles. The van der Waals surface area contributed by atoms with Gasteiger partial charge in [-0.25, -0.2) is 0 Å². The maximum Gasteiger partial charge on any atom is 0.00556 e. The topological polar surface area (TPSA) is 3.24 Å². The Bertz CT molecular complexity index is 1380. The van der Waals surface area contributed by atoms with Gasteiger partial charge in [-0.1, -0.05) is 140 Å². The van der Waals surface area contributed by atoms with E-state index in [2.05, 4.69) is 152 Å². The predicted molar refractivity (Wildman–Crippen MR) is 159 cm³/mol. The summed E-state index contributed by atoms with van der Waals surface area (Å²) in [6.07, 6.45) is 10.6. The molecule has 0 radical (unpaired) electrons. The summed E-state index contributed by atoms with van der Waals surface area (Å²) in [5.74, 6) is 0. The Balaban J connectivity index is 1.86. The molecule has 0 N–H and O–H groups in total. The number of hydrogen-bond donors (Lipinski definition) is 0. The van der Waals surface area contributed by atoms with E-state index in [-0.39, 0.29) is 0 Å². The highest BCUT2D eigenvalue weighted by Crippen LogP contribution is 2.54. The lowest BCUT2D eigenvalue weighted by Gasteiger charge is -2.14. The standard InChI is InChI=1S/C36H31N/c1-37(2)27-17-7-16-26-32-33(28-18-8-3-9-19-28)35(30-22-12-5-13-23-30)36(31-24-14-6-15-25-31)34(32)29-20-10-4-11-21-29/h3-27H,1-2H3/b16-7+,27-17+. The van der Waals surface area contributed by atoms with Gasteiger partial charge < -0.3 is 4.90 Å². The predicted octanol–water partition coefficient (Wildman–Crippen LogP) is 8.78. The molecule has 0 heterocycles. The maximum absolute atomic E-state index is 2.27. The van der Waals surface area contributed by atoms with Gasteiger partial charge in [0, 0.05) is 14.1 Å². The fraction of sp³-hybridized carbons (Fsp3) is 0.0556. The molecule has 0 spiro atoms. The molecular formula is C36H31N. The van der Waals surface area contributed by atoms with Gasteiger partial charge in [0.15, 0.2) is 0 Å². The maximum atomic E-state index is 2.27. The zero-order valence-electron chi connectivity index (χ0n) is 21.4. The number of hydrogen-bond acceptors (Lipinski definition) is 1. The molecule has 0 fully saturated rings. The Morgan fingerprint density at radius 1 is 0.405 bits per heavy atom. The van der Waals surface area contributed by atoms with Gasteiger partial charge in [-0.05, 0) is 62.4 Å². The Morgan fingerprint density at radius 2 is 0.757 bits per heavy atom. The Hall–Kier alpha value is -4.62. The smallest absolute Gasteiger partial charge is 0.00556 e. The van der Waals surface area contributed by atoms with Crippen LogP contribution >= 0.6 is 0 Å². The molecule has 180 valence electrons. The van der Waals surface area contributed by atoms with Gasteiger partial charge in [0.25, 0.3) is 0 Å². The van der Waals surface area contributed by atoms with Crippen LogP contribution in [0.15, 0.2) is 157 Å². The van der Waals surface area contributed by atoms with Crippen molar-refractivity contribution < 1.29 is 0 Å². The van der Waals surface area contributed by atoms with Crippen LogP contribution < -0.4 is 0 Å². The van der Waals surface area contributed by atoms with Gasteiger partial charge in [0.2, 0.25) is 0 Å². The molecule has 0 atom stereocenters. The summed E-state index contributed by atoms with van der Waals surface area (Å²) < 4.78 is 0. The molecule has 0 aromatic heterocycles. The first kappa shape index (κ1) is 24.1. The van der Waals surface area contributed by atoms with E-state index in [4.69, 9.17) is 0 Å². The van der Waals surface area contributed by atoms with Crippen LogP contribution in [0, 0.1) is 0 Å². The van der Waals surface area contributed by atoms with E-state index in [0.29, 0.717) is 0 Å². The third kappa shape index (κ3) is 5.32. The third-order valence-electron chi connectivity index (χ3n) is 6.41. The molecule has 0 bridgehead atoms. The first-order chi connectivity index (χ1) is 18.2. The minimum absolute atomic E-state index is 1.21. The summed E-state index contributed by atoms with van der Waals surface area (Å²) in [4.78, 5) is 2.04. The molecule has 0 aliphatic heterocycles. The lowest BCUT2D eigenvalue weighted by Crippen LogP contribution is -1.99. The van der Waals surface area contributed by atoms with Crippen LogP contribution in [0.4, 0.5) is 0 Å². The first-order valence-electron chi connectivity index (χ1n) is 12.7. The molecule has 4 aromatic rings. The number of allylic oxidation sites excluding steroid dienone is 9. The van der Waals surface area contributed by atoms with Crippen LogP contribution in [0.25, 0.3) is 22.3 Å². The van der Waals surface area contributed by atoms with E-state index < -0.39 is 0 Å². The van der Waals surface area contributed by atoms with Crippen molar-refractivity contribution in [2.45, 2.75) is 0 Å². The van der Waals surface area contributed by atoms with E-state index in [0.717, 1.165) is 0 Å². The van der Waals surface area contributed by atoms with Crippen molar-refractivity contribution in [2.24, 2.45) is 0 Å². The highest BCUT2D eigenvalue weighted by molar-refractivity contribution is 6.34. The van der Waals surface area contributed by atoms with Crippen LogP contribution in [-0.4, -0.2) is 19.0 Å². The summed E-state index contributed by atoms with van der Waals surface area (Å²) >= 11 is 0. The Labute approximate surface area is 220 Å². The second kappa shape index (κ2) is 11.4. The van der Waals surface area contributed by atoms with Crippen molar-refractivity contribution in [3.05, 3.63) is 180 Å². The summed E-state index contributed by atoms with van der Waals surface area (Å²) in [5, 5.41) is 0. The largest absolute Gasteiger partial charge is 0.383 e. The quantitative estimate of drug-likeness (QED) is 0.240. The molecule has 0 unspecified atom stereocenters. The van der Waals surface area contributed by atoms with Crippen LogP contribution in [-0.2, 0) is 0 Å². The molecule has 37 heavy (non-hydrogen) atoms. The van der Waals surface area contributed by atoms with E-state index >= 15 is 0 Å². The number of rotatable bonds is 7.